The molecule has 0 saturated carbocycles. The van der Waals surface area contributed by atoms with E-state index in [2.05, 4.69) is 10.2 Å². The Hall–Kier alpha value is -1.98. The summed E-state index contributed by atoms with van der Waals surface area (Å²) in [7, 11) is 0. The van der Waals surface area contributed by atoms with Gasteiger partial charge in [-0.1, -0.05) is 29.3 Å². The molecule has 4 nitrogen and oxygen atoms in total. The van der Waals surface area contributed by atoms with Crippen molar-refractivity contribution in [3.63, 3.8) is 0 Å². The summed E-state index contributed by atoms with van der Waals surface area (Å²) >= 11 is 12.2. The third-order valence-electron chi connectivity index (χ3n) is 4.20. The number of nitrogens with zero attached hydrogens (tertiary/aromatic N) is 2. The Morgan fingerprint density at radius 3 is 2.20 bits per heavy atom. The van der Waals surface area contributed by atoms with Crippen LogP contribution in [0.15, 0.2) is 42.5 Å². The van der Waals surface area contributed by atoms with Gasteiger partial charge in [0.2, 0.25) is 5.91 Å². The molecule has 0 radical (unpaired) electrons. The number of rotatable bonds is 4. The van der Waals surface area contributed by atoms with Crippen molar-refractivity contribution in [1.29, 1.82) is 0 Å². The molecule has 1 aliphatic heterocycles. The maximum absolute atomic E-state index is 13.0. The third kappa shape index (κ3) is 4.35. The summed E-state index contributed by atoms with van der Waals surface area (Å²) in [6.07, 6.45) is 0. The standard InChI is InChI=1S/C18H18Cl2FN3O/c19-15-2-1-3-16(20)18(15)22-12-17(25)24-10-8-23(9-11-24)14-6-4-13(21)5-7-14/h1-7,22H,8-12H2. The highest BCUT2D eigenvalue weighted by molar-refractivity contribution is 6.39. The number of piperazine rings is 1. The fraction of sp³-hybridized carbons (Fsp3) is 0.278. The van der Waals surface area contributed by atoms with Crippen LogP contribution in [0.5, 0.6) is 0 Å². The van der Waals surface area contributed by atoms with Gasteiger partial charge in [-0.3, -0.25) is 4.79 Å². The van der Waals surface area contributed by atoms with E-state index in [0.717, 1.165) is 5.69 Å². The summed E-state index contributed by atoms with van der Waals surface area (Å²) < 4.78 is 13.0. The molecule has 1 aliphatic rings. The minimum absolute atomic E-state index is 0.00487. The number of carbonyl (C=O) groups excluding carboxylic acids is 1. The molecule has 25 heavy (non-hydrogen) atoms. The number of halogens is 3. The molecular formula is C18H18Cl2FN3O. The van der Waals surface area contributed by atoms with Crippen LogP contribution in [0.1, 0.15) is 0 Å². The fourth-order valence-electron chi connectivity index (χ4n) is 2.81. The lowest BCUT2D eigenvalue weighted by molar-refractivity contribution is -0.129. The van der Waals surface area contributed by atoms with Gasteiger partial charge in [0.25, 0.3) is 0 Å². The monoisotopic (exact) mass is 381 g/mol. The van der Waals surface area contributed by atoms with E-state index in [-0.39, 0.29) is 18.3 Å². The Kier molecular flexibility index (Phi) is 5.66. The predicted molar refractivity (Wildman–Crippen MR) is 100 cm³/mol. The normalized spacial score (nSPS) is 14.5. The minimum atomic E-state index is -0.248. The summed E-state index contributed by atoms with van der Waals surface area (Å²) in [6, 6.07) is 11.6. The largest absolute Gasteiger partial charge is 0.374 e. The molecule has 3 rings (SSSR count). The molecule has 132 valence electrons. The predicted octanol–water partition coefficient (Wildman–Crippen LogP) is 3.89. The van der Waals surface area contributed by atoms with Gasteiger partial charge in [-0.25, -0.2) is 4.39 Å². The van der Waals surface area contributed by atoms with Crippen molar-refractivity contribution in [2.24, 2.45) is 0 Å². The Bertz CT molecular complexity index is 726. The van der Waals surface area contributed by atoms with Gasteiger partial charge >= 0.3 is 0 Å². The molecule has 2 aromatic rings. The minimum Gasteiger partial charge on any atom is -0.374 e. The molecule has 2 aromatic carbocycles. The van der Waals surface area contributed by atoms with Gasteiger partial charge in [0.1, 0.15) is 5.82 Å². The van der Waals surface area contributed by atoms with Crippen LogP contribution in [0, 0.1) is 5.82 Å². The number of anilines is 2. The Balaban J connectivity index is 1.52. The number of amides is 1. The van der Waals surface area contributed by atoms with Crippen LogP contribution in [0.25, 0.3) is 0 Å². The van der Waals surface area contributed by atoms with Crippen molar-refractivity contribution in [3.8, 4) is 0 Å². The van der Waals surface area contributed by atoms with Gasteiger partial charge in [0.05, 0.1) is 22.3 Å². The summed E-state index contributed by atoms with van der Waals surface area (Å²) in [6.45, 7) is 2.80. The maximum Gasteiger partial charge on any atom is 0.241 e. The smallest absolute Gasteiger partial charge is 0.241 e. The van der Waals surface area contributed by atoms with E-state index < -0.39 is 0 Å². The quantitative estimate of drug-likeness (QED) is 0.872. The van der Waals surface area contributed by atoms with Gasteiger partial charge in [0, 0.05) is 31.9 Å². The van der Waals surface area contributed by atoms with Crippen LogP contribution in [0.4, 0.5) is 15.8 Å². The van der Waals surface area contributed by atoms with Crippen molar-refractivity contribution >= 4 is 40.5 Å². The van der Waals surface area contributed by atoms with Gasteiger partial charge < -0.3 is 15.1 Å². The molecule has 1 saturated heterocycles. The average molecular weight is 382 g/mol. The van der Waals surface area contributed by atoms with Crippen molar-refractivity contribution in [2.45, 2.75) is 0 Å². The number of nitrogens with one attached hydrogen (secondary N) is 1. The van der Waals surface area contributed by atoms with Crippen molar-refractivity contribution in [3.05, 3.63) is 58.3 Å². The van der Waals surface area contributed by atoms with E-state index in [9.17, 15) is 9.18 Å². The molecule has 1 N–H and O–H groups in total. The number of hydrogen-bond acceptors (Lipinski definition) is 3. The summed E-state index contributed by atoms with van der Waals surface area (Å²) in [5.74, 6) is -0.253. The summed E-state index contributed by atoms with van der Waals surface area (Å²) in [5, 5.41) is 3.99. The Morgan fingerprint density at radius 2 is 1.60 bits per heavy atom. The second kappa shape index (κ2) is 7.93. The Morgan fingerprint density at radius 1 is 1.00 bits per heavy atom. The molecule has 0 bridgehead atoms. The number of para-hydroxylation sites is 1. The van der Waals surface area contributed by atoms with Gasteiger partial charge in [-0.2, -0.15) is 0 Å². The van der Waals surface area contributed by atoms with E-state index in [1.54, 1.807) is 35.2 Å². The van der Waals surface area contributed by atoms with Crippen molar-refractivity contribution < 1.29 is 9.18 Å². The van der Waals surface area contributed by atoms with E-state index in [0.29, 0.717) is 41.9 Å². The van der Waals surface area contributed by atoms with Gasteiger partial charge in [-0.05, 0) is 36.4 Å². The maximum atomic E-state index is 13.0. The lowest BCUT2D eigenvalue weighted by Gasteiger charge is -2.36. The zero-order valence-electron chi connectivity index (χ0n) is 13.5. The first-order chi connectivity index (χ1) is 12.0. The SMILES string of the molecule is O=C(CNc1c(Cl)cccc1Cl)N1CCN(c2ccc(F)cc2)CC1. The molecule has 1 fully saturated rings. The molecule has 0 spiro atoms. The lowest BCUT2D eigenvalue weighted by atomic mass is 10.2. The van der Waals surface area contributed by atoms with E-state index in [1.165, 1.54) is 12.1 Å². The first kappa shape index (κ1) is 17.8. The molecule has 0 aromatic heterocycles. The first-order valence-corrected chi connectivity index (χ1v) is 8.76. The topological polar surface area (TPSA) is 35.6 Å². The van der Waals surface area contributed by atoms with E-state index in [4.69, 9.17) is 23.2 Å². The van der Waals surface area contributed by atoms with Crippen molar-refractivity contribution in [1.82, 2.24) is 4.90 Å². The molecule has 7 heteroatoms. The van der Waals surface area contributed by atoms with Crippen LogP contribution in [-0.2, 0) is 4.79 Å². The van der Waals surface area contributed by atoms with E-state index >= 15 is 0 Å². The molecule has 0 atom stereocenters. The van der Waals surface area contributed by atoms with Crippen molar-refractivity contribution in [2.75, 3.05) is 42.9 Å². The zero-order valence-corrected chi connectivity index (χ0v) is 15.0. The highest BCUT2D eigenvalue weighted by Crippen LogP contribution is 2.29. The number of carbonyl (C=O) groups is 1. The third-order valence-corrected chi connectivity index (χ3v) is 4.83. The van der Waals surface area contributed by atoms with Crippen LogP contribution in [0.2, 0.25) is 10.0 Å². The van der Waals surface area contributed by atoms with Gasteiger partial charge in [0.15, 0.2) is 0 Å². The van der Waals surface area contributed by atoms with Crippen LogP contribution >= 0.6 is 23.2 Å². The lowest BCUT2D eigenvalue weighted by Crippen LogP contribution is -2.50. The molecule has 1 heterocycles. The number of hydrogen-bond donors (Lipinski definition) is 1. The highest BCUT2D eigenvalue weighted by Gasteiger charge is 2.21. The van der Waals surface area contributed by atoms with Gasteiger partial charge in [-0.15, -0.1) is 0 Å². The molecule has 0 unspecified atom stereocenters. The molecular weight excluding hydrogens is 364 g/mol. The second-order valence-electron chi connectivity index (χ2n) is 5.79. The molecule has 1 amide bonds. The van der Waals surface area contributed by atoms with E-state index in [1.807, 2.05) is 0 Å². The summed E-state index contributed by atoms with van der Waals surface area (Å²) in [4.78, 5) is 16.3. The highest BCUT2D eigenvalue weighted by atomic mass is 35.5. The molecule has 0 aliphatic carbocycles. The second-order valence-corrected chi connectivity index (χ2v) is 6.61. The van der Waals surface area contributed by atoms with Crippen LogP contribution < -0.4 is 10.2 Å². The van der Waals surface area contributed by atoms with Crippen LogP contribution in [0.3, 0.4) is 0 Å². The zero-order chi connectivity index (χ0) is 17.8. The average Bonchev–Trinajstić information content (AvgIpc) is 2.62. The Labute approximate surface area is 156 Å². The van der Waals surface area contributed by atoms with Crippen LogP contribution in [-0.4, -0.2) is 43.5 Å². The fourth-order valence-corrected chi connectivity index (χ4v) is 3.34. The summed E-state index contributed by atoms with van der Waals surface area (Å²) in [5.41, 5.74) is 1.54. The number of benzene rings is 2. The first-order valence-electron chi connectivity index (χ1n) is 8.01.